The summed E-state index contributed by atoms with van der Waals surface area (Å²) in [7, 11) is 0. The van der Waals surface area contributed by atoms with Gasteiger partial charge in [-0.15, -0.1) is 0 Å². The Bertz CT molecular complexity index is 285. The van der Waals surface area contributed by atoms with Crippen LogP contribution >= 0.6 is 0 Å². The van der Waals surface area contributed by atoms with Crippen LogP contribution < -0.4 is 0 Å². The molecule has 1 aliphatic heterocycles. The van der Waals surface area contributed by atoms with Gasteiger partial charge in [-0.05, 0) is 5.56 Å². The molecule has 1 atom stereocenters. The summed E-state index contributed by atoms with van der Waals surface area (Å²) < 4.78 is 19.1. The van der Waals surface area contributed by atoms with E-state index < -0.39 is 6.17 Å². The van der Waals surface area contributed by atoms with Crippen LogP contribution in [0.15, 0.2) is 30.3 Å². The molecule has 0 bridgehead atoms. The second-order valence-electron chi connectivity index (χ2n) is 3.79. The van der Waals surface area contributed by atoms with Gasteiger partial charge in [-0.25, -0.2) is 4.39 Å². The quantitative estimate of drug-likeness (QED) is 0.755. The van der Waals surface area contributed by atoms with Crippen LogP contribution in [0.2, 0.25) is 0 Å². The number of alkyl halides is 1. The molecule has 1 aromatic carbocycles. The highest BCUT2D eigenvalue weighted by molar-refractivity contribution is 5.17. The van der Waals surface area contributed by atoms with Gasteiger partial charge in [-0.3, -0.25) is 4.90 Å². The SMILES string of the molecule is FC(CN1CCOCC1)c1ccccc1. The lowest BCUT2D eigenvalue weighted by molar-refractivity contribution is 0.0269. The maximum atomic E-state index is 13.8. The van der Waals surface area contributed by atoms with E-state index in [4.69, 9.17) is 4.74 Å². The van der Waals surface area contributed by atoms with Crippen molar-refractivity contribution in [2.45, 2.75) is 6.17 Å². The molecule has 0 radical (unpaired) electrons. The number of morpholine rings is 1. The van der Waals surface area contributed by atoms with E-state index in [1.807, 2.05) is 30.3 Å². The lowest BCUT2D eigenvalue weighted by atomic mass is 10.1. The minimum Gasteiger partial charge on any atom is -0.379 e. The van der Waals surface area contributed by atoms with Crippen molar-refractivity contribution >= 4 is 0 Å². The molecule has 15 heavy (non-hydrogen) atoms. The molecule has 1 saturated heterocycles. The van der Waals surface area contributed by atoms with E-state index >= 15 is 0 Å². The third kappa shape index (κ3) is 3.01. The molecule has 0 amide bonds. The fraction of sp³-hybridized carbons (Fsp3) is 0.500. The molecule has 2 nitrogen and oxygen atoms in total. The minimum atomic E-state index is -0.885. The highest BCUT2D eigenvalue weighted by Crippen LogP contribution is 2.18. The summed E-state index contributed by atoms with van der Waals surface area (Å²) in [4.78, 5) is 2.11. The predicted octanol–water partition coefficient (Wildman–Crippen LogP) is 2.03. The van der Waals surface area contributed by atoms with E-state index in [9.17, 15) is 4.39 Å². The summed E-state index contributed by atoms with van der Waals surface area (Å²) in [6.45, 7) is 3.61. The average molecular weight is 209 g/mol. The van der Waals surface area contributed by atoms with Gasteiger partial charge in [-0.2, -0.15) is 0 Å². The topological polar surface area (TPSA) is 12.5 Å². The molecule has 3 heteroatoms. The van der Waals surface area contributed by atoms with Crippen molar-refractivity contribution in [3.63, 3.8) is 0 Å². The van der Waals surface area contributed by atoms with E-state index in [1.54, 1.807) is 0 Å². The van der Waals surface area contributed by atoms with Gasteiger partial charge in [0.2, 0.25) is 0 Å². The monoisotopic (exact) mass is 209 g/mol. The Hall–Kier alpha value is -0.930. The predicted molar refractivity (Wildman–Crippen MR) is 57.6 cm³/mol. The highest BCUT2D eigenvalue weighted by Gasteiger charge is 2.16. The number of rotatable bonds is 3. The van der Waals surface area contributed by atoms with Gasteiger partial charge in [0.05, 0.1) is 13.2 Å². The highest BCUT2D eigenvalue weighted by atomic mass is 19.1. The lowest BCUT2D eigenvalue weighted by Crippen LogP contribution is -2.38. The zero-order valence-electron chi connectivity index (χ0n) is 8.73. The molecule has 0 spiro atoms. The molecule has 0 aliphatic carbocycles. The second kappa shape index (κ2) is 5.24. The van der Waals surface area contributed by atoms with Crippen molar-refractivity contribution in [1.82, 2.24) is 4.90 Å². The Morgan fingerprint density at radius 2 is 1.87 bits per heavy atom. The Balaban J connectivity index is 1.88. The van der Waals surface area contributed by atoms with Gasteiger partial charge in [-0.1, -0.05) is 30.3 Å². The number of nitrogens with zero attached hydrogens (tertiary/aromatic N) is 1. The number of benzene rings is 1. The molecule has 1 fully saturated rings. The Morgan fingerprint density at radius 1 is 1.20 bits per heavy atom. The smallest absolute Gasteiger partial charge is 0.138 e. The number of hydrogen-bond donors (Lipinski definition) is 0. The molecule has 0 saturated carbocycles. The van der Waals surface area contributed by atoms with Crippen molar-refractivity contribution in [1.29, 1.82) is 0 Å². The molecular weight excluding hydrogens is 193 g/mol. The average Bonchev–Trinajstić information content (AvgIpc) is 2.31. The summed E-state index contributed by atoms with van der Waals surface area (Å²) >= 11 is 0. The van der Waals surface area contributed by atoms with Crippen LogP contribution in [0.4, 0.5) is 4.39 Å². The summed E-state index contributed by atoms with van der Waals surface area (Å²) in [5.41, 5.74) is 0.768. The van der Waals surface area contributed by atoms with E-state index in [0.717, 1.165) is 31.9 Å². The van der Waals surface area contributed by atoms with Crippen LogP contribution in [0, 0.1) is 0 Å². The molecule has 1 aromatic rings. The van der Waals surface area contributed by atoms with Gasteiger partial charge in [0.1, 0.15) is 6.17 Å². The maximum absolute atomic E-state index is 13.8. The fourth-order valence-electron chi connectivity index (χ4n) is 1.78. The third-order valence-electron chi connectivity index (χ3n) is 2.68. The summed E-state index contributed by atoms with van der Waals surface area (Å²) in [6.07, 6.45) is -0.885. The first-order valence-electron chi connectivity index (χ1n) is 5.35. The fourth-order valence-corrected chi connectivity index (χ4v) is 1.78. The second-order valence-corrected chi connectivity index (χ2v) is 3.79. The maximum Gasteiger partial charge on any atom is 0.138 e. The van der Waals surface area contributed by atoms with Crippen LogP contribution in [0.3, 0.4) is 0 Å². The minimum absolute atomic E-state index is 0.480. The van der Waals surface area contributed by atoms with Gasteiger partial charge in [0, 0.05) is 19.6 Å². The molecule has 0 N–H and O–H groups in total. The molecular formula is C12H16FNO. The van der Waals surface area contributed by atoms with E-state index in [1.165, 1.54) is 0 Å². The van der Waals surface area contributed by atoms with Crippen LogP contribution in [-0.2, 0) is 4.74 Å². The normalized spacial score (nSPS) is 20.1. The summed E-state index contributed by atoms with van der Waals surface area (Å²) in [5.74, 6) is 0. The van der Waals surface area contributed by atoms with Crippen LogP contribution in [0.25, 0.3) is 0 Å². The standard InChI is InChI=1S/C12H16FNO/c13-12(11-4-2-1-3-5-11)10-14-6-8-15-9-7-14/h1-5,12H,6-10H2. The zero-order chi connectivity index (χ0) is 10.5. The molecule has 1 unspecified atom stereocenters. The molecule has 82 valence electrons. The summed E-state index contributed by atoms with van der Waals surface area (Å²) in [5, 5.41) is 0. The Kier molecular flexibility index (Phi) is 3.69. The molecule has 2 rings (SSSR count). The molecule has 1 aliphatic rings. The first kappa shape index (κ1) is 10.6. The number of halogens is 1. The van der Waals surface area contributed by atoms with Crippen molar-refractivity contribution < 1.29 is 9.13 Å². The molecule has 0 aromatic heterocycles. The Morgan fingerprint density at radius 3 is 2.53 bits per heavy atom. The lowest BCUT2D eigenvalue weighted by Gasteiger charge is -2.27. The van der Waals surface area contributed by atoms with Crippen LogP contribution in [0.1, 0.15) is 11.7 Å². The number of ether oxygens (including phenoxy) is 1. The van der Waals surface area contributed by atoms with Crippen molar-refractivity contribution in [2.24, 2.45) is 0 Å². The zero-order valence-corrected chi connectivity index (χ0v) is 8.73. The van der Waals surface area contributed by atoms with Crippen LogP contribution in [-0.4, -0.2) is 37.7 Å². The largest absolute Gasteiger partial charge is 0.379 e. The Labute approximate surface area is 89.7 Å². The van der Waals surface area contributed by atoms with Crippen molar-refractivity contribution in [3.05, 3.63) is 35.9 Å². The van der Waals surface area contributed by atoms with Crippen molar-refractivity contribution in [2.75, 3.05) is 32.8 Å². The van der Waals surface area contributed by atoms with E-state index in [-0.39, 0.29) is 0 Å². The van der Waals surface area contributed by atoms with E-state index in [2.05, 4.69) is 4.90 Å². The summed E-state index contributed by atoms with van der Waals surface area (Å²) in [6, 6.07) is 9.34. The first-order chi connectivity index (χ1) is 7.36. The third-order valence-corrected chi connectivity index (χ3v) is 2.68. The van der Waals surface area contributed by atoms with E-state index in [0.29, 0.717) is 6.54 Å². The van der Waals surface area contributed by atoms with Gasteiger partial charge < -0.3 is 4.74 Å². The van der Waals surface area contributed by atoms with Gasteiger partial charge in [0.25, 0.3) is 0 Å². The van der Waals surface area contributed by atoms with Gasteiger partial charge in [0.15, 0.2) is 0 Å². The first-order valence-corrected chi connectivity index (χ1v) is 5.35. The van der Waals surface area contributed by atoms with Crippen LogP contribution in [0.5, 0.6) is 0 Å². The number of hydrogen-bond acceptors (Lipinski definition) is 2. The van der Waals surface area contributed by atoms with Gasteiger partial charge >= 0.3 is 0 Å². The van der Waals surface area contributed by atoms with Crippen molar-refractivity contribution in [3.8, 4) is 0 Å². The molecule has 1 heterocycles.